The minimum atomic E-state index is 0.263. The first-order valence-electron chi connectivity index (χ1n) is 6.31. The summed E-state index contributed by atoms with van der Waals surface area (Å²) in [5.41, 5.74) is 0. The van der Waals surface area contributed by atoms with Gasteiger partial charge in [-0.05, 0) is 25.7 Å². The largest absolute Gasteiger partial charge is 0.299 e. The van der Waals surface area contributed by atoms with E-state index in [-0.39, 0.29) is 11.6 Å². The van der Waals surface area contributed by atoms with Crippen LogP contribution < -0.4 is 0 Å². The maximum atomic E-state index is 11.0. The minimum Gasteiger partial charge on any atom is -0.299 e. The van der Waals surface area contributed by atoms with E-state index < -0.39 is 0 Å². The van der Waals surface area contributed by atoms with Crippen molar-refractivity contribution in [1.29, 1.82) is 0 Å². The topological polar surface area (TPSA) is 34.1 Å². The lowest BCUT2D eigenvalue weighted by Gasteiger charge is -1.95. The Bertz CT molecular complexity index is 275. The van der Waals surface area contributed by atoms with Crippen molar-refractivity contribution in [2.45, 2.75) is 51.4 Å². The van der Waals surface area contributed by atoms with Crippen molar-refractivity contribution in [1.82, 2.24) is 0 Å². The SMILES string of the molecule is O=C(CBr)CCCCC#CCCCCC(=O)CBr. The predicted octanol–water partition coefficient (Wildman–Crippen LogP) is 4.04. The highest BCUT2D eigenvalue weighted by molar-refractivity contribution is 9.09. The molecule has 0 aliphatic heterocycles. The highest BCUT2D eigenvalue weighted by Gasteiger charge is 1.98. The molecule has 0 unspecified atom stereocenters. The Morgan fingerprint density at radius 1 is 0.722 bits per heavy atom. The predicted molar refractivity (Wildman–Crippen MR) is 82.3 cm³/mol. The molecular weight excluding hydrogens is 360 g/mol. The molecule has 0 heterocycles. The van der Waals surface area contributed by atoms with Crippen molar-refractivity contribution >= 4 is 43.4 Å². The van der Waals surface area contributed by atoms with Crippen molar-refractivity contribution in [3.05, 3.63) is 0 Å². The van der Waals surface area contributed by atoms with E-state index in [1.165, 1.54) is 0 Å². The first-order chi connectivity index (χ1) is 8.70. The van der Waals surface area contributed by atoms with Gasteiger partial charge in [0.25, 0.3) is 0 Å². The van der Waals surface area contributed by atoms with Gasteiger partial charge in [-0.3, -0.25) is 9.59 Å². The molecule has 0 aromatic carbocycles. The number of halogens is 2. The molecule has 0 amide bonds. The van der Waals surface area contributed by atoms with Crippen LogP contribution in [-0.4, -0.2) is 22.2 Å². The standard InChI is InChI=1S/C14H20Br2O2/c15-11-13(17)9-7-5-3-1-2-4-6-8-10-14(18)12-16/h3-12H2. The number of hydrogen-bond acceptors (Lipinski definition) is 2. The Hall–Kier alpha value is -0.140. The van der Waals surface area contributed by atoms with E-state index in [1.54, 1.807) is 0 Å². The molecule has 0 radical (unpaired) electrons. The maximum Gasteiger partial charge on any atom is 0.143 e. The second kappa shape index (κ2) is 13.3. The van der Waals surface area contributed by atoms with Crippen LogP contribution in [0.15, 0.2) is 0 Å². The van der Waals surface area contributed by atoms with E-state index in [2.05, 4.69) is 43.7 Å². The lowest BCUT2D eigenvalue weighted by molar-refractivity contribution is -0.117. The maximum absolute atomic E-state index is 11.0. The second-order valence-electron chi connectivity index (χ2n) is 4.11. The summed E-state index contributed by atoms with van der Waals surface area (Å²) in [4.78, 5) is 22.0. The Labute approximate surface area is 127 Å². The van der Waals surface area contributed by atoms with Crippen molar-refractivity contribution < 1.29 is 9.59 Å². The third-order valence-corrected chi connectivity index (χ3v) is 3.69. The van der Waals surface area contributed by atoms with E-state index in [1.807, 2.05) is 0 Å². The third-order valence-electron chi connectivity index (χ3n) is 2.44. The molecule has 0 aliphatic carbocycles. The van der Waals surface area contributed by atoms with Gasteiger partial charge in [0.15, 0.2) is 0 Å². The van der Waals surface area contributed by atoms with E-state index in [0.29, 0.717) is 23.5 Å². The fourth-order valence-electron chi connectivity index (χ4n) is 1.38. The van der Waals surface area contributed by atoms with Crippen LogP contribution in [0.25, 0.3) is 0 Å². The number of carbonyl (C=O) groups is 2. The average Bonchev–Trinajstić information content (AvgIpc) is 2.40. The summed E-state index contributed by atoms with van der Waals surface area (Å²) >= 11 is 6.29. The van der Waals surface area contributed by atoms with E-state index >= 15 is 0 Å². The molecular formula is C14H20Br2O2. The fraction of sp³-hybridized carbons (Fsp3) is 0.714. The average molecular weight is 380 g/mol. The zero-order valence-corrected chi connectivity index (χ0v) is 13.8. The molecule has 0 rings (SSSR count). The molecule has 0 saturated heterocycles. The molecule has 4 heteroatoms. The number of rotatable bonds is 10. The fourth-order valence-corrected chi connectivity index (χ4v) is 1.94. The van der Waals surface area contributed by atoms with Gasteiger partial charge < -0.3 is 0 Å². The van der Waals surface area contributed by atoms with Crippen LogP contribution in [0.5, 0.6) is 0 Å². The van der Waals surface area contributed by atoms with Gasteiger partial charge in [0.05, 0.1) is 10.7 Å². The lowest BCUT2D eigenvalue weighted by atomic mass is 10.1. The first-order valence-corrected chi connectivity index (χ1v) is 8.56. The summed E-state index contributed by atoms with van der Waals surface area (Å²) in [6, 6.07) is 0. The summed E-state index contributed by atoms with van der Waals surface area (Å²) in [5, 5.41) is 0.928. The molecule has 0 aliphatic rings. The Kier molecular flexibility index (Phi) is 13.2. The molecule has 0 N–H and O–H groups in total. The van der Waals surface area contributed by atoms with Gasteiger partial charge in [-0.2, -0.15) is 0 Å². The lowest BCUT2D eigenvalue weighted by Crippen LogP contribution is -1.97. The molecule has 0 fully saturated rings. The monoisotopic (exact) mass is 378 g/mol. The molecule has 0 saturated carbocycles. The smallest absolute Gasteiger partial charge is 0.143 e. The number of alkyl halides is 2. The Balaban J connectivity index is 3.29. The van der Waals surface area contributed by atoms with Crippen molar-refractivity contribution in [3.63, 3.8) is 0 Å². The van der Waals surface area contributed by atoms with Crippen LogP contribution in [0, 0.1) is 11.8 Å². The van der Waals surface area contributed by atoms with Crippen LogP contribution in [-0.2, 0) is 9.59 Å². The van der Waals surface area contributed by atoms with Crippen LogP contribution in [0.3, 0.4) is 0 Å². The van der Waals surface area contributed by atoms with Crippen molar-refractivity contribution in [2.24, 2.45) is 0 Å². The molecule has 0 aromatic heterocycles. The summed E-state index contributed by atoms with van der Waals surface area (Å²) in [6.45, 7) is 0. The molecule has 0 atom stereocenters. The minimum absolute atomic E-state index is 0.263. The van der Waals surface area contributed by atoms with Gasteiger partial charge >= 0.3 is 0 Å². The summed E-state index contributed by atoms with van der Waals surface area (Å²) in [7, 11) is 0. The number of Topliss-reactive ketones (excluding diaryl/α,β-unsaturated/α-hetero) is 2. The summed E-state index contributed by atoms with van der Waals surface area (Å²) < 4.78 is 0. The van der Waals surface area contributed by atoms with Crippen LogP contribution in [0.1, 0.15) is 51.4 Å². The van der Waals surface area contributed by atoms with Crippen LogP contribution >= 0.6 is 31.9 Å². The summed E-state index contributed by atoms with van der Waals surface area (Å²) in [6.07, 6.45) is 6.90. The quantitative estimate of drug-likeness (QED) is 0.326. The zero-order chi connectivity index (χ0) is 13.6. The molecule has 0 bridgehead atoms. The van der Waals surface area contributed by atoms with Crippen molar-refractivity contribution in [3.8, 4) is 11.8 Å². The molecule has 18 heavy (non-hydrogen) atoms. The zero-order valence-electron chi connectivity index (χ0n) is 10.6. The van der Waals surface area contributed by atoms with E-state index in [4.69, 9.17) is 0 Å². The normalized spacial score (nSPS) is 9.67. The molecule has 0 aromatic rings. The van der Waals surface area contributed by atoms with Crippen LogP contribution in [0.4, 0.5) is 0 Å². The Morgan fingerprint density at radius 3 is 1.44 bits per heavy atom. The number of unbranched alkanes of at least 4 members (excludes halogenated alkanes) is 4. The van der Waals surface area contributed by atoms with Crippen LogP contribution in [0.2, 0.25) is 0 Å². The van der Waals surface area contributed by atoms with Gasteiger partial charge in [-0.15, -0.1) is 11.8 Å². The van der Waals surface area contributed by atoms with Crippen molar-refractivity contribution in [2.75, 3.05) is 10.7 Å². The molecule has 0 spiro atoms. The van der Waals surface area contributed by atoms with Gasteiger partial charge in [0.2, 0.25) is 0 Å². The highest BCUT2D eigenvalue weighted by Crippen LogP contribution is 2.03. The van der Waals surface area contributed by atoms with Gasteiger partial charge in [0.1, 0.15) is 11.6 Å². The molecule has 2 nitrogen and oxygen atoms in total. The van der Waals surface area contributed by atoms with E-state index in [0.717, 1.165) is 38.5 Å². The number of ketones is 2. The third kappa shape index (κ3) is 12.3. The summed E-state index contributed by atoms with van der Waals surface area (Å²) in [5.74, 6) is 6.75. The van der Waals surface area contributed by atoms with Gasteiger partial charge in [-0.1, -0.05) is 31.9 Å². The first kappa shape index (κ1) is 17.9. The second-order valence-corrected chi connectivity index (χ2v) is 5.23. The van der Waals surface area contributed by atoms with Gasteiger partial charge in [-0.25, -0.2) is 0 Å². The number of carbonyl (C=O) groups excluding carboxylic acids is 2. The molecule has 102 valence electrons. The van der Waals surface area contributed by atoms with Gasteiger partial charge in [0, 0.05) is 25.7 Å². The Morgan fingerprint density at radius 2 is 1.11 bits per heavy atom. The number of hydrogen-bond donors (Lipinski definition) is 0. The highest BCUT2D eigenvalue weighted by atomic mass is 79.9. The van der Waals surface area contributed by atoms with E-state index in [9.17, 15) is 9.59 Å².